The van der Waals surface area contributed by atoms with E-state index < -0.39 is 0 Å². The highest BCUT2D eigenvalue weighted by Gasteiger charge is 2.33. The van der Waals surface area contributed by atoms with Crippen LogP contribution in [0.2, 0.25) is 5.02 Å². The standard InChI is InChI=1S/C32H24BrClFN3OS/c33-24-13-9-21(10-14-24)28-17-30(22-11-15-25(35)16-12-22)38(36-28)32(39)20-40-31-19-37(29-8-4-2-6-26(29)31)18-23-5-1-3-7-27(23)34/h1-16,19,30H,17-18,20H2. The summed E-state index contributed by atoms with van der Waals surface area (Å²) in [5.41, 5.74) is 4.76. The summed E-state index contributed by atoms with van der Waals surface area (Å²) in [4.78, 5) is 14.7. The molecule has 5 aromatic rings. The molecule has 200 valence electrons. The zero-order valence-corrected chi connectivity index (χ0v) is 24.5. The van der Waals surface area contributed by atoms with Crippen molar-refractivity contribution in [3.63, 3.8) is 0 Å². The highest BCUT2D eigenvalue weighted by atomic mass is 79.9. The van der Waals surface area contributed by atoms with Crippen LogP contribution in [0.1, 0.15) is 29.2 Å². The molecule has 1 aliphatic heterocycles. The number of thioether (sulfide) groups is 1. The zero-order chi connectivity index (χ0) is 27.6. The molecule has 0 bridgehead atoms. The van der Waals surface area contributed by atoms with Gasteiger partial charge in [-0.25, -0.2) is 9.40 Å². The number of hydrogen-bond donors (Lipinski definition) is 0. The van der Waals surface area contributed by atoms with Crippen molar-refractivity contribution < 1.29 is 9.18 Å². The summed E-state index contributed by atoms with van der Waals surface area (Å²) in [6.07, 6.45) is 2.64. The highest BCUT2D eigenvalue weighted by molar-refractivity contribution is 9.10. The molecule has 6 rings (SSSR count). The molecule has 0 fully saturated rings. The Hall–Kier alpha value is -3.39. The fourth-order valence-corrected chi connectivity index (χ4v) is 6.38. The Morgan fingerprint density at radius 2 is 1.70 bits per heavy atom. The molecule has 1 aliphatic rings. The number of para-hydroxylation sites is 1. The fraction of sp³-hybridized carbons (Fsp3) is 0.125. The van der Waals surface area contributed by atoms with Crippen molar-refractivity contribution in [1.29, 1.82) is 0 Å². The van der Waals surface area contributed by atoms with Gasteiger partial charge in [0.2, 0.25) is 0 Å². The molecule has 4 nitrogen and oxygen atoms in total. The maximum Gasteiger partial charge on any atom is 0.253 e. The van der Waals surface area contributed by atoms with Gasteiger partial charge in [-0.2, -0.15) is 5.10 Å². The molecule has 8 heteroatoms. The van der Waals surface area contributed by atoms with Crippen LogP contribution in [0.4, 0.5) is 4.39 Å². The van der Waals surface area contributed by atoms with E-state index in [2.05, 4.69) is 38.8 Å². The van der Waals surface area contributed by atoms with Gasteiger partial charge in [-0.1, -0.05) is 88.2 Å². The Balaban J connectivity index is 1.26. The van der Waals surface area contributed by atoms with E-state index in [1.54, 1.807) is 17.1 Å². The predicted octanol–water partition coefficient (Wildman–Crippen LogP) is 8.71. The smallest absolute Gasteiger partial charge is 0.253 e. The van der Waals surface area contributed by atoms with Crippen LogP contribution < -0.4 is 0 Å². The first-order valence-corrected chi connectivity index (χ1v) is 15.0. The number of hydrogen-bond acceptors (Lipinski definition) is 3. The fourth-order valence-electron chi connectivity index (χ4n) is 4.98. The number of fused-ring (bicyclic) bond motifs is 1. The van der Waals surface area contributed by atoms with Crippen molar-refractivity contribution in [3.05, 3.63) is 135 Å². The first-order chi connectivity index (χ1) is 19.5. The van der Waals surface area contributed by atoms with E-state index in [9.17, 15) is 9.18 Å². The summed E-state index contributed by atoms with van der Waals surface area (Å²) >= 11 is 11.4. The predicted molar refractivity (Wildman–Crippen MR) is 164 cm³/mol. The van der Waals surface area contributed by atoms with Gasteiger partial charge in [0, 0.05) is 44.5 Å². The first-order valence-electron chi connectivity index (χ1n) is 12.8. The lowest BCUT2D eigenvalue weighted by molar-refractivity contribution is -0.130. The number of carbonyl (C=O) groups is 1. The molecular weight excluding hydrogens is 609 g/mol. The molecule has 1 atom stereocenters. The van der Waals surface area contributed by atoms with Crippen LogP contribution in [0.15, 0.2) is 118 Å². The first kappa shape index (κ1) is 26.8. The van der Waals surface area contributed by atoms with Crippen LogP contribution in [0, 0.1) is 5.82 Å². The lowest BCUT2D eigenvalue weighted by atomic mass is 9.98. The Morgan fingerprint density at radius 3 is 2.48 bits per heavy atom. The van der Waals surface area contributed by atoms with Gasteiger partial charge in [0.05, 0.1) is 17.5 Å². The summed E-state index contributed by atoms with van der Waals surface area (Å²) < 4.78 is 16.8. The lowest BCUT2D eigenvalue weighted by Gasteiger charge is -2.22. The second kappa shape index (κ2) is 11.6. The van der Waals surface area contributed by atoms with E-state index >= 15 is 0 Å². The van der Waals surface area contributed by atoms with Crippen molar-refractivity contribution >= 4 is 61.8 Å². The maximum atomic E-state index is 13.7. The van der Waals surface area contributed by atoms with Gasteiger partial charge in [-0.05, 0) is 53.1 Å². The quantitative estimate of drug-likeness (QED) is 0.168. The molecule has 1 unspecified atom stereocenters. The third-order valence-corrected chi connectivity index (χ3v) is 8.92. The van der Waals surface area contributed by atoms with Crippen LogP contribution in [0.25, 0.3) is 10.9 Å². The third-order valence-electron chi connectivity index (χ3n) is 7.00. The lowest BCUT2D eigenvalue weighted by Crippen LogP contribution is -2.28. The van der Waals surface area contributed by atoms with Gasteiger partial charge in [-0.15, -0.1) is 11.8 Å². The highest BCUT2D eigenvalue weighted by Crippen LogP contribution is 2.36. The number of hydrazone groups is 1. The second-order valence-corrected chi connectivity index (χ2v) is 11.9. The van der Waals surface area contributed by atoms with Gasteiger partial charge in [0.25, 0.3) is 5.91 Å². The van der Waals surface area contributed by atoms with Crippen LogP contribution in [0.5, 0.6) is 0 Å². The van der Waals surface area contributed by atoms with Gasteiger partial charge >= 0.3 is 0 Å². The van der Waals surface area contributed by atoms with Crippen molar-refractivity contribution in [2.24, 2.45) is 5.10 Å². The Bertz CT molecular complexity index is 1720. The minimum absolute atomic E-state index is 0.102. The molecule has 2 heterocycles. The van der Waals surface area contributed by atoms with E-state index in [1.807, 2.05) is 60.7 Å². The van der Waals surface area contributed by atoms with E-state index in [4.69, 9.17) is 16.7 Å². The number of aromatic nitrogens is 1. The Labute approximate surface area is 249 Å². The molecule has 1 aromatic heterocycles. The average molecular weight is 633 g/mol. The minimum atomic E-state index is -0.308. The number of amides is 1. The van der Waals surface area contributed by atoms with E-state index in [0.717, 1.165) is 47.7 Å². The number of carbonyl (C=O) groups excluding carboxylic acids is 1. The molecular formula is C32H24BrClFN3OS. The molecule has 0 aliphatic carbocycles. The average Bonchev–Trinajstić information content (AvgIpc) is 3.56. The largest absolute Gasteiger partial charge is 0.342 e. The van der Waals surface area contributed by atoms with Gasteiger partial charge in [0.15, 0.2) is 0 Å². The molecule has 0 spiro atoms. The van der Waals surface area contributed by atoms with E-state index in [-0.39, 0.29) is 23.5 Å². The molecule has 0 N–H and O–H groups in total. The summed E-state index contributed by atoms with van der Waals surface area (Å²) in [5.74, 6) is -0.193. The second-order valence-electron chi connectivity index (χ2n) is 9.58. The Morgan fingerprint density at radius 1 is 0.975 bits per heavy atom. The molecule has 0 saturated carbocycles. The van der Waals surface area contributed by atoms with Gasteiger partial charge in [-0.3, -0.25) is 4.79 Å². The number of nitrogens with zero attached hydrogens (tertiary/aromatic N) is 3. The molecule has 4 aromatic carbocycles. The SMILES string of the molecule is O=C(CSc1cn(Cc2ccccc2Cl)c2ccccc12)N1N=C(c2ccc(Br)cc2)CC1c1ccc(F)cc1. The van der Waals surface area contributed by atoms with Crippen LogP contribution in [0.3, 0.4) is 0 Å². The normalized spacial score (nSPS) is 15.0. The van der Waals surface area contributed by atoms with E-state index in [0.29, 0.717) is 13.0 Å². The van der Waals surface area contributed by atoms with Crippen LogP contribution in [-0.2, 0) is 11.3 Å². The van der Waals surface area contributed by atoms with Crippen molar-refractivity contribution in [2.45, 2.75) is 23.9 Å². The van der Waals surface area contributed by atoms with Crippen molar-refractivity contribution in [1.82, 2.24) is 9.58 Å². The van der Waals surface area contributed by atoms with Crippen LogP contribution >= 0.6 is 39.3 Å². The summed E-state index contributed by atoms with van der Waals surface area (Å²) in [7, 11) is 0. The molecule has 0 radical (unpaired) electrons. The Kier molecular flexibility index (Phi) is 7.78. The summed E-state index contributed by atoms with van der Waals surface area (Å²) in [6.45, 7) is 0.633. The van der Waals surface area contributed by atoms with Gasteiger partial charge in [0.1, 0.15) is 5.82 Å². The van der Waals surface area contributed by atoms with Crippen molar-refractivity contribution in [3.8, 4) is 0 Å². The monoisotopic (exact) mass is 631 g/mol. The maximum absolute atomic E-state index is 13.7. The summed E-state index contributed by atoms with van der Waals surface area (Å²) in [6, 6.07) is 29.9. The molecule has 0 saturated heterocycles. The van der Waals surface area contributed by atoms with Gasteiger partial charge < -0.3 is 4.57 Å². The van der Waals surface area contributed by atoms with Crippen LogP contribution in [-0.4, -0.2) is 26.9 Å². The molecule has 1 amide bonds. The van der Waals surface area contributed by atoms with Crippen molar-refractivity contribution in [2.75, 3.05) is 5.75 Å². The zero-order valence-electron chi connectivity index (χ0n) is 21.3. The molecule has 40 heavy (non-hydrogen) atoms. The number of rotatable bonds is 7. The minimum Gasteiger partial charge on any atom is -0.342 e. The summed E-state index contributed by atoms with van der Waals surface area (Å²) in [5, 5.41) is 8.15. The number of benzene rings is 4. The topological polar surface area (TPSA) is 37.6 Å². The number of halogens is 3. The third kappa shape index (κ3) is 5.59. The van der Waals surface area contributed by atoms with E-state index in [1.165, 1.54) is 23.9 Å².